The van der Waals surface area contributed by atoms with Gasteiger partial charge in [-0.3, -0.25) is 14.9 Å². The molecule has 1 heterocycles. The van der Waals surface area contributed by atoms with Crippen molar-refractivity contribution in [2.45, 2.75) is 39.0 Å². The van der Waals surface area contributed by atoms with E-state index in [1.165, 1.54) is 5.56 Å². The third-order valence-corrected chi connectivity index (χ3v) is 4.41. The van der Waals surface area contributed by atoms with E-state index in [0.717, 1.165) is 24.2 Å². The van der Waals surface area contributed by atoms with Crippen LogP contribution >= 0.6 is 0 Å². The summed E-state index contributed by atoms with van der Waals surface area (Å²) in [4.78, 5) is 37.7. The Morgan fingerprint density at radius 1 is 1.14 bits per heavy atom. The van der Waals surface area contributed by atoms with Crippen LogP contribution in [0.15, 0.2) is 24.3 Å². The number of rotatable bonds is 3. The smallest absolute Gasteiger partial charge is 0.276 e. The third-order valence-electron chi connectivity index (χ3n) is 4.41. The van der Waals surface area contributed by atoms with Crippen molar-refractivity contribution < 1.29 is 14.4 Å². The van der Waals surface area contributed by atoms with Gasteiger partial charge in [-0.25, -0.2) is 9.69 Å². The minimum atomic E-state index is -1.02. The average molecular weight is 286 g/mol. The van der Waals surface area contributed by atoms with Gasteiger partial charge in [0, 0.05) is 0 Å². The van der Waals surface area contributed by atoms with Crippen LogP contribution in [0.1, 0.15) is 38.2 Å². The number of hydrogen-bond donors (Lipinski definition) is 1. The topological polar surface area (TPSA) is 66.5 Å². The Morgan fingerprint density at radius 3 is 2.33 bits per heavy atom. The predicted octanol–water partition coefficient (Wildman–Crippen LogP) is 2.39. The van der Waals surface area contributed by atoms with E-state index in [-0.39, 0.29) is 5.91 Å². The number of hydrogen-bond acceptors (Lipinski definition) is 3. The highest BCUT2D eigenvalue weighted by molar-refractivity contribution is 6.30. The SMILES string of the molecule is CCCc1ccc(N2C(=O)NC(=O)C3(CCC3)C2=O)cc1. The normalized spacial score (nSPS) is 20.4. The number of anilines is 1. The fourth-order valence-electron chi connectivity index (χ4n) is 2.98. The molecule has 21 heavy (non-hydrogen) atoms. The fraction of sp³-hybridized carbons (Fsp3) is 0.438. The molecule has 3 rings (SSSR count). The zero-order valence-electron chi connectivity index (χ0n) is 12.0. The number of amides is 4. The summed E-state index contributed by atoms with van der Waals surface area (Å²) >= 11 is 0. The van der Waals surface area contributed by atoms with Crippen molar-refractivity contribution in [3.8, 4) is 0 Å². The number of nitrogens with one attached hydrogen (secondary N) is 1. The predicted molar refractivity (Wildman–Crippen MR) is 77.7 cm³/mol. The van der Waals surface area contributed by atoms with Crippen molar-refractivity contribution in [3.63, 3.8) is 0 Å². The maximum Gasteiger partial charge on any atom is 0.335 e. The lowest BCUT2D eigenvalue weighted by Crippen LogP contribution is -2.66. The molecule has 1 N–H and O–H groups in total. The van der Waals surface area contributed by atoms with Crippen molar-refractivity contribution in [2.75, 3.05) is 4.90 Å². The summed E-state index contributed by atoms with van der Waals surface area (Å²) in [5.41, 5.74) is 0.674. The number of barbiturate groups is 1. The van der Waals surface area contributed by atoms with Gasteiger partial charge in [0.15, 0.2) is 0 Å². The highest BCUT2D eigenvalue weighted by Crippen LogP contribution is 2.45. The molecule has 4 amide bonds. The minimum absolute atomic E-state index is 0.384. The van der Waals surface area contributed by atoms with E-state index >= 15 is 0 Å². The molecule has 1 aliphatic carbocycles. The summed E-state index contributed by atoms with van der Waals surface area (Å²) < 4.78 is 0. The van der Waals surface area contributed by atoms with E-state index in [9.17, 15) is 14.4 Å². The minimum Gasteiger partial charge on any atom is -0.276 e. The third kappa shape index (κ3) is 2.04. The maximum absolute atomic E-state index is 12.6. The molecule has 110 valence electrons. The van der Waals surface area contributed by atoms with Crippen molar-refractivity contribution in [2.24, 2.45) is 5.41 Å². The van der Waals surface area contributed by atoms with Crippen LogP contribution in [0.5, 0.6) is 0 Å². The van der Waals surface area contributed by atoms with Crippen LogP contribution in [-0.2, 0) is 16.0 Å². The number of imide groups is 2. The van der Waals surface area contributed by atoms with E-state index in [0.29, 0.717) is 18.5 Å². The van der Waals surface area contributed by atoms with Crippen LogP contribution in [0, 0.1) is 5.41 Å². The summed E-state index contributed by atoms with van der Waals surface area (Å²) in [6, 6.07) is 6.73. The van der Waals surface area contributed by atoms with Crippen molar-refractivity contribution in [3.05, 3.63) is 29.8 Å². The van der Waals surface area contributed by atoms with E-state index in [1.54, 1.807) is 12.1 Å². The van der Waals surface area contributed by atoms with Gasteiger partial charge in [0.2, 0.25) is 5.91 Å². The first kappa shape index (κ1) is 13.8. The zero-order valence-corrected chi connectivity index (χ0v) is 12.0. The Hall–Kier alpha value is -2.17. The first-order valence-corrected chi connectivity index (χ1v) is 7.37. The van der Waals surface area contributed by atoms with Crippen LogP contribution < -0.4 is 10.2 Å². The molecule has 0 atom stereocenters. The van der Waals surface area contributed by atoms with Gasteiger partial charge < -0.3 is 0 Å². The summed E-state index contributed by atoms with van der Waals surface area (Å²) in [6.45, 7) is 2.10. The Balaban J connectivity index is 1.91. The standard InChI is InChI=1S/C16H18N2O3/c1-2-4-11-5-7-12(8-6-11)18-14(20)16(9-3-10-16)13(19)17-15(18)21/h5-8H,2-4,9-10H2,1H3,(H,17,19,21). The van der Waals surface area contributed by atoms with Crippen molar-refractivity contribution >= 4 is 23.5 Å². The van der Waals surface area contributed by atoms with Crippen LogP contribution in [0.2, 0.25) is 0 Å². The van der Waals surface area contributed by atoms with Gasteiger partial charge in [0.1, 0.15) is 5.41 Å². The van der Waals surface area contributed by atoms with Crippen LogP contribution in [-0.4, -0.2) is 17.8 Å². The van der Waals surface area contributed by atoms with Gasteiger partial charge in [-0.1, -0.05) is 31.9 Å². The largest absolute Gasteiger partial charge is 0.335 e. The second-order valence-electron chi connectivity index (χ2n) is 5.75. The molecule has 1 saturated heterocycles. The summed E-state index contributed by atoms with van der Waals surface area (Å²) in [5, 5.41) is 2.32. The van der Waals surface area contributed by atoms with E-state index < -0.39 is 17.4 Å². The molecular formula is C16H18N2O3. The molecule has 2 fully saturated rings. The second-order valence-corrected chi connectivity index (χ2v) is 5.75. The molecule has 1 aliphatic heterocycles. The van der Waals surface area contributed by atoms with Gasteiger partial charge >= 0.3 is 6.03 Å². The Labute approximate surface area is 123 Å². The monoisotopic (exact) mass is 286 g/mol. The summed E-state index contributed by atoms with van der Waals surface area (Å²) in [6.07, 6.45) is 3.89. The van der Waals surface area contributed by atoms with Crippen molar-refractivity contribution in [1.29, 1.82) is 0 Å². The number of benzene rings is 1. The molecule has 2 aliphatic rings. The molecule has 1 aromatic rings. The molecule has 0 unspecified atom stereocenters. The van der Waals surface area contributed by atoms with Crippen LogP contribution in [0.3, 0.4) is 0 Å². The van der Waals surface area contributed by atoms with Crippen molar-refractivity contribution in [1.82, 2.24) is 5.32 Å². The highest BCUT2D eigenvalue weighted by atomic mass is 16.2. The van der Waals surface area contributed by atoms with Gasteiger partial charge in [-0.2, -0.15) is 0 Å². The first-order valence-electron chi connectivity index (χ1n) is 7.37. The lowest BCUT2D eigenvalue weighted by molar-refractivity contribution is -0.148. The van der Waals surface area contributed by atoms with Gasteiger partial charge in [-0.05, 0) is 37.0 Å². The molecule has 1 saturated carbocycles. The number of carbonyl (C=O) groups excluding carboxylic acids is 3. The molecule has 1 aromatic carbocycles. The second kappa shape index (κ2) is 4.98. The molecular weight excluding hydrogens is 268 g/mol. The maximum atomic E-state index is 12.6. The number of carbonyl (C=O) groups is 3. The Kier molecular flexibility index (Phi) is 3.27. The molecule has 5 heteroatoms. The van der Waals surface area contributed by atoms with E-state index in [1.807, 2.05) is 12.1 Å². The molecule has 0 aromatic heterocycles. The number of urea groups is 1. The number of aryl methyl sites for hydroxylation is 1. The van der Waals surface area contributed by atoms with Gasteiger partial charge in [0.25, 0.3) is 5.91 Å². The van der Waals surface area contributed by atoms with Gasteiger partial charge in [0.05, 0.1) is 5.69 Å². The van der Waals surface area contributed by atoms with Gasteiger partial charge in [-0.15, -0.1) is 0 Å². The highest BCUT2D eigenvalue weighted by Gasteiger charge is 2.57. The summed E-state index contributed by atoms with van der Waals surface area (Å²) in [5.74, 6) is -0.826. The number of nitrogens with zero attached hydrogens (tertiary/aromatic N) is 1. The van der Waals surface area contributed by atoms with E-state index in [4.69, 9.17) is 0 Å². The van der Waals surface area contributed by atoms with Crippen LogP contribution in [0.4, 0.5) is 10.5 Å². The average Bonchev–Trinajstić information content (AvgIpc) is 2.39. The Morgan fingerprint density at radius 2 is 1.81 bits per heavy atom. The summed E-state index contributed by atoms with van der Waals surface area (Å²) in [7, 11) is 0. The Bertz CT molecular complexity index is 602. The van der Waals surface area contributed by atoms with Crippen LogP contribution in [0.25, 0.3) is 0 Å². The fourth-order valence-corrected chi connectivity index (χ4v) is 2.98. The molecule has 0 bridgehead atoms. The molecule has 0 radical (unpaired) electrons. The lowest BCUT2D eigenvalue weighted by Gasteiger charge is -2.44. The molecule has 5 nitrogen and oxygen atoms in total. The van der Waals surface area contributed by atoms with E-state index in [2.05, 4.69) is 12.2 Å². The first-order chi connectivity index (χ1) is 10.1. The molecule has 1 spiro atoms. The zero-order chi connectivity index (χ0) is 15.0. The lowest BCUT2D eigenvalue weighted by atomic mass is 9.66. The quantitative estimate of drug-likeness (QED) is 0.868.